The number of rotatable bonds is 5. The van der Waals surface area contributed by atoms with Gasteiger partial charge in [0.2, 0.25) is 0 Å². The normalized spacial score (nSPS) is 14.4. The lowest BCUT2D eigenvalue weighted by molar-refractivity contribution is 0.0159. The number of hydrogen-bond donors (Lipinski definition) is 4. The summed E-state index contributed by atoms with van der Waals surface area (Å²) in [5.41, 5.74) is -0.320. The molecule has 1 rings (SSSR count). The number of aromatic nitrogens is 1. The fraction of sp³-hybridized carbons (Fsp3) is 0.400. The molecule has 0 spiro atoms. The molecule has 1 heterocycles. The van der Waals surface area contributed by atoms with Crippen molar-refractivity contribution in [2.45, 2.75) is 18.6 Å². The number of aliphatic hydroxyl groups is 2. The number of pyridine rings is 1. The Labute approximate surface area is 108 Å². The average molecular weight is 278 g/mol. The molecule has 1 aromatic rings. The Hall–Kier alpha value is -0.820. The zero-order chi connectivity index (χ0) is 13.0. The Morgan fingerprint density at radius 3 is 2.65 bits per heavy atom. The highest BCUT2D eigenvalue weighted by Gasteiger charge is 2.24. The van der Waals surface area contributed by atoms with Gasteiger partial charge in [0.05, 0.1) is 6.10 Å². The van der Waals surface area contributed by atoms with Crippen LogP contribution in [0.2, 0.25) is 5.15 Å². The highest BCUT2D eigenvalue weighted by atomic mass is 35.5. The summed E-state index contributed by atoms with van der Waals surface area (Å²) >= 11 is 9.50. The van der Waals surface area contributed by atoms with Crippen LogP contribution < -0.4 is 0 Å². The number of hydrogen-bond acceptors (Lipinski definition) is 5. The predicted molar refractivity (Wildman–Crippen MR) is 65.6 cm³/mol. The molecule has 2 atom stereocenters. The molecule has 17 heavy (non-hydrogen) atoms. The first-order valence-electron chi connectivity index (χ1n) is 4.84. The monoisotopic (exact) mass is 277 g/mol. The first-order chi connectivity index (χ1) is 7.97. The molecule has 3 N–H and O–H groups in total. The maximum Gasteiger partial charge on any atom is 0.354 e. The van der Waals surface area contributed by atoms with Crippen LogP contribution in [0.25, 0.3) is 0 Å². The van der Waals surface area contributed by atoms with Crippen LogP contribution in [0.1, 0.15) is 28.6 Å². The third kappa shape index (κ3) is 3.57. The summed E-state index contributed by atoms with van der Waals surface area (Å²) in [5.74, 6) is -0.929. The van der Waals surface area contributed by atoms with Crippen LogP contribution in [0.3, 0.4) is 0 Å². The minimum Gasteiger partial charge on any atom is -0.476 e. The number of carbonyl (C=O) groups is 1. The summed E-state index contributed by atoms with van der Waals surface area (Å²) in [7, 11) is 0. The van der Waals surface area contributed by atoms with E-state index in [1.807, 2.05) is 0 Å². The molecule has 0 aliphatic heterocycles. The lowest BCUT2D eigenvalue weighted by Gasteiger charge is -2.18. The van der Waals surface area contributed by atoms with Gasteiger partial charge in [0.25, 0.3) is 0 Å². The van der Waals surface area contributed by atoms with E-state index in [0.717, 1.165) is 0 Å². The molecule has 0 radical (unpaired) electrons. The lowest BCUT2D eigenvalue weighted by Crippen LogP contribution is -2.21. The minimum absolute atomic E-state index is 0.0158. The van der Waals surface area contributed by atoms with Crippen molar-refractivity contribution in [3.05, 3.63) is 28.5 Å². The Morgan fingerprint density at radius 1 is 1.47 bits per heavy atom. The molecule has 0 amide bonds. The van der Waals surface area contributed by atoms with Crippen molar-refractivity contribution in [3.8, 4) is 0 Å². The number of aromatic carboxylic acids is 1. The third-order valence-corrected chi connectivity index (χ3v) is 2.67. The van der Waals surface area contributed by atoms with E-state index in [0.29, 0.717) is 5.75 Å². The summed E-state index contributed by atoms with van der Waals surface area (Å²) < 4.78 is 0. The van der Waals surface area contributed by atoms with Crippen molar-refractivity contribution in [3.63, 3.8) is 0 Å². The Kier molecular flexibility index (Phi) is 5.20. The highest BCUT2D eigenvalue weighted by Crippen LogP contribution is 2.23. The summed E-state index contributed by atoms with van der Waals surface area (Å²) in [6, 6.07) is 2.70. The van der Waals surface area contributed by atoms with Crippen LogP contribution in [0.15, 0.2) is 12.1 Å². The second-order valence-corrected chi connectivity index (χ2v) is 4.24. The van der Waals surface area contributed by atoms with E-state index in [9.17, 15) is 15.0 Å². The lowest BCUT2D eigenvalue weighted by atomic mass is 10.0. The van der Waals surface area contributed by atoms with E-state index in [1.165, 1.54) is 12.1 Å². The standard InChI is InChI=1S/C10H12ClNO4S/c11-7-2-1-5(8(12-7)10(15)16)9(14)6(13)3-4-17/h1-2,6,9,13-14,17H,3-4H2,(H,15,16). The molecule has 0 fully saturated rings. The summed E-state index contributed by atoms with van der Waals surface area (Å²) in [5, 5.41) is 28.3. The van der Waals surface area contributed by atoms with Crippen molar-refractivity contribution in [2.24, 2.45) is 0 Å². The molecule has 1 aromatic heterocycles. The van der Waals surface area contributed by atoms with E-state index in [4.69, 9.17) is 16.7 Å². The van der Waals surface area contributed by atoms with E-state index >= 15 is 0 Å². The van der Waals surface area contributed by atoms with Gasteiger partial charge in [0, 0.05) is 5.56 Å². The average Bonchev–Trinajstić information content (AvgIpc) is 2.28. The van der Waals surface area contributed by atoms with E-state index in [-0.39, 0.29) is 22.8 Å². The fourth-order valence-electron chi connectivity index (χ4n) is 1.35. The molecule has 0 saturated heterocycles. The number of thiol groups is 1. The van der Waals surface area contributed by atoms with Gasteiger partial charge in [-0.25, -0.2) is 9.78 Å². The summed E-state index contributed by atoms with van der Waals surface area (Å²) in [6.07, 6.45) is -2.17. The molecule has 94 valence electrons. The van der Waals surface area contributed by atoms with Gasteiger partial charge < -0.3 is 15.3 Å². The third-order valence-electron chi connectivity index (χ3n) is 2.20. The van der Waals surface area contributed by atoms with Gasteiger partial charge in [-0.15, -0.1) is 0 Å². The first-order valence-corrected chi connectivity index (χ1v) is 5.85. The van der Waals surface area contributed by atoms with Crippen LogP contribution >= 0.6 is 24.2 Å². The van der Waals surface area contributed by atoms with Gasteiger partial charge in [-0.1, -0.05) is 17.7 Å². The fourth-order valence-corrected chi connectivity index (χ4v) is 1.77. The summed E-state index contributed by atoms with van der Waals surface area (Å²) in [4.78, 5) is 14.5. The minimum atomic E-state index is -1.32. The van der Waals surface area contributed by atoms with E-state index in [2.05, 4.69) is 17.6 Å². The van der Waals surface area contributed by atoms with Crippen molar-refractivity contribution < 1.29 is 20.1 Å². The zero-order valence-corrected chi connectivity index (χ0v) is 10.4. The maximum atomic E-state index is 10.9. The molecule has 0 saturated carbocycles. The van der Waals surface area contributed by atoms with E-state index < -0.39 is 18.2 Å². The molecule has 0 aliphatic rings. The zero-order valence-electron chi connectivity index (χ0n) is 8.75. The number of carboxylic acids is 1. The van der Waals surface area contributed by atoms with Crippen LogP contribution in [0, 0.1) is 0 Å². The van der Waals surface area contributed by atoms with Crippen molar-refractivity contribution in [1.29, 1.82) is 0 Å². The van der Waals surface area contributed by atoms with Gasteiger partial charge in [-0.05, 0) is 18.2 Å². The van der Waals surface area contributed by atoms with Crippen LogP contribution in [0.5, 0.6) is 0 Å². The molecule has 2 unspecified atom stereocenters. The van der Waals surface area contributed by atoms with Crippen molar-refractivity contribution in [2.75, 3.05) is 5.75 Å². The van der Waals surface area contributed by atoms with Crippen LogP contribution in [-0.2, 0) is 0 Å². The quantitative estimate of drug-likeness (QED) is 0.479. The smallest absolute Gasteiger partial charge is 0.354 e. The molecular formula is C10H12ClNO4S. The van der Waals surface area contributed by atoms with Crippen molar-refractivity contribution in [1.82, 2.24) is 4.98 Å². The van der Waals surface area contributed by atoms with Gasteiger partial charge >= 0.3 is 5.97 Å². The number of nitrogens with zero attached hydrogens (tertiary/aromatic N) is 1. The Morgan fingerprint density at radius 2 is 2.12 bits per heavy atom. The van der Waals surface area contributed by atoms with E-state index in [1.54, 1.807) is 0 Å². The van der Waals surface area contributed by atoms with Gasteiger partial charge in [-0.3, -0.25) is 0 Å². The molecule has 0 bridgehead atoms. The second-order valence-electron chi connectivity index (χ2n) is 3.40. The SMILES string of the molecule is O=C(O)c1nc(Cl)ccc1C(O)C(O)CCS. The van der Waals surface area contributed by atoms with Crippen LogP contribution in [-0.4, -0.2) is 38.1 Å². The largest absolute Gasteiger partial charge is 0.476 e. The van der Waals surface area contributed by atoms with Crippen LogP contribution in [0.4, 0.5) is 0 Å². The number of aliphatic hydroxyl groups excluding tert-OH is 2. The number of halogens is 1. The topological polar surface area (TPSA) is 90.7 Å². The van der Waals surface area contributed by atoms with Gasteiger partial charge in [-0.2, -0.15) is 12.6 Å². The van der Waals surface area contributed by atoms with Gasteiger partial charge in [0.15, 0.2) is 5.69 Å². The molecule has 0 aromatic carbocycles. The van der Waals surface area contributed by atoms with Gasteiger partial charge in [0.1, 0.15) is 11.3 Å². The molecule has 5 nitrogen and oxygen atoms in total. The van der Waals surface area contributed by atoms with Crippen molar-refractivity contribution >= 4 is 30.2 Å². The summed E-state index contributed by atoms with van der Waals surface area (Å²) in [6.45, 7) is 0. The molecule has 7 heteroatoms. The Bertz CT molecular complexity index is 415. The maximum absolute atomic E-state index is 10.9. The highest BCUT2D eigenvalue weighted by molar-refractivity contribution is 7.80. The molecule has 0 aliphatic carbocycles. The second kappa shape index (κ2) is 6.20. The first kappa shape index (κ1) is 14.2. The Balaban J connectivity index is 3.08. The predicted octanol–water partition coefficient (Wildman–Crippen LogP) is 1.15. The molecular weight excluding hydrogens is 266 g/mol. The number of carboxylic acid groups (broad SMARTS) is 1.